The number of morpholine rings is 1. The van der Waals surface area contributed by atoms with E-state index in [4.69, 9.17) is 15.2 Å². The van der Waals surface area contributed by atoms with Crippen molar-refractivity contribution in [2.24, 2.45) is 5.73 Å². The highest BCUT2D eigenvalue weighted by molar-refractivity contribution is 6.14. The van der Waals surface area contributed by atoms with Crippen molar-refractivity contribution in [1.29, 1.82) is 0 Å². The van der Waals surface area contributed by atoms with E-state index in [1.54, 1.807) is 0 Å². The van der Waals surface area contributed by atoms with Gasteiger partial charge in [0.15, 0.2) is 0 Å². The molecule has 4 unspecified atom stereocenters. The maximum absolute atomic E-state index is 12.4. The first-order chi connectivity index (χ1) is 13.0. The van der Waals surface area contributed by atoms with Crippen molar-refractivity contribution in [3.05, 3.63) is 29.3 Å². The van der Waals surface area contributed by atoms with Gasteiger partial charge in [0.25, 0.3) is 0 Å². The van der Waals surface area contributed by atoms with Crippen LogP contribution in [0, 0.1) is 6.92 Å². The van der Waals surface area contributed by atoms with Gasteiger partial charge in [-0.05, 0) is 30.0 Å². The second-order valence-corrected chi connectivity index (χ2v) is 8.38. The highest BCUT2D eigenvalue weighted by Gasteiger charge is 2.35. The fraction of sp³-hybridized carbons (Fsp3) is 0.650. The number of nitrogens with zero attached hydrogens (tertiary/aromatic N) is 1. The zero-order valence-electron chi connectivity index (χ0n) is 16.3. The Balaban J connectivity index is 1.21. The molecular formula is C20H30BN3O3. The van der Waals surface area contributed by atoms with Crippen LogP contribution in [0.1, 0.15) is 29.9 Å². The highest BCUT2D eigenvalue weighted by Crippen LogP contribution is 2.50. The van der Waals surface area contributed by atoms with Crippen LogP contribution in [0.4, 0.5) is 0 Å². The number of nitrogens with one attached hydrogen (secondary N) is 1. The van der Waals surface area contributed by atoms with Crippen LogP contribution in [0.3, 0.4) is 0 Å². The summed E-state index contributed by atoms with van der Waals surface area (Å²) in [6.07, 6.45) is 1.75. The molecule has 4 rings (SSSR count). The molecule has 3 aliphatic rings. The lowest BCUT2D eigenvalue weighted by atomic mass is 9.96. The van der Waals surface area contributed by atoms with E-state index in [-0.39, 0.29) is 24.2 Å². The number of carbonyl (C=O) groups is 1. The average molecular weight is 371 g/mol. The summed E-state index contributed by atoms with van der Waals surface area (Å²) < 4.78 is 11.8. The molecule has 0 spiro atoms. The fourth-order valence-corrected chi connectivity index (χ4v) is 3.99. The number of hydrogen-bond acceptors (Lipinski definition) is 5. The second kappa shape index (κ2) is 7.82. The summed E-state index contributed by atoms with van der Waals surface area (Å²) in [6.45, 7) is 5.25. The molecule has 1 amide bonds. The van der Waals surface area contributed by atoms with Gasteiger partial charge in [-0.25, -0.2) is 0 Å². The van der Waals surface area contributed by atoms with Crippen molar-refractivity contribution >= 4 is 13.8 Å². The van der Waals surface area contributed by atoms with Crippen LogP contribution < -0.4 is 15.8 Å². The largest absolute Gasteiger partial charge is 0.486 e. The minimum atomic E-state index is -0.0557. The number of rotatable bonds is 6. The van der Waals surface area contributed by atoms with Crippen molar-refractivity contribution in [3.8, 4) is 5.75 Å². The zero-order valence-corrected chi connectivity index (χ0v) is 16.3. The molecule has 2 aliphatic heterocycles. The van der Waals surface area contributed by atoms with E-state index in [9.17, 15) is 4.79 Å². The topological polar surface area (TPSA) is 76.8 Å². The maximum Gasteiger partial charge on any atom is 0.225 e. The Bertz CT molecular complexity index is 687. The van der Waals surface area contributed by atoms with E-state index in [1.807, 2.05) is 4.90 Å². The number of carbonyl (C=O) groups excluding carboxylic acids is 1. The minimum absolute atomic E-state index is 0.0557. The Morgan fingerprint density at radius 2 is 2.22 bits per heavy atom. The van der Waals surface area contributed by atoms with Gasteiger partial charge < -0.3 is 25.4 Å². The van der Waals surface area contributed by atoms with Crippen molar-refractivity contribution in [2.45, 2.75) is 49.8 Å². The number of ether oxygens (including phenoxy) is 2. The third-order valence-electron chi connectivity index (χ3n) is 6.09. The van der Waals surface area contributed by atoms with Crippen molar-refractivity contribution in [3.63, 3.8) is 0 Å². The van der Waals surface area contributed by atoms with Crippen LogP contribution in [0.2, 0.25) is 5.82 Å². The summed E-state index contributed by atoms with van der Waals surface area (Å²) in [5.74, 6) is 2.62. The Kier molecular flexibility index (Phi) is 5.44. The van der Waals surface area contributed by atoms with E-state index in [2.05, 4.69) is 38.3 Å². The monoisotopic (exact) mass is 371 g/mol. The van der Waals surface area contributed by atoms with Crippen LogP contribution in [-0.4, -0.2) is 69.7 Å². The molecule has 0 radical (unpaired) electrons. The Labute approximate surface area is 162 Å². The molecule has 1 saturated carbocycles. The first-order valence-corrected chi connectivity index (χ1v) is 10.1. The van der Waals surface area contributed by atoms with E-state index in [1.165, 1.54) is 17.5 Å². The summed E-state index contributed by atoms with van der Waals surface area (Å²) >= 11 is 0. The van der Waals surface area contributed by atoms with Crippen molar-refractivity contribution < 1.29 is 14.3 Å². The van der Waals surface area contributed by atoms with E-state index < -0.39 is 0 Å². The molecule has 146 valence electrons. The molecule has 4 atom stereocenters. The molecule has 0 aromatic heterocycles. The van der Waals surface area contributed by atoms with Crippen LogP contribution >= 0.6 is 0 Å². The third kappa shape index (κ3) is 4.31. The summed E-state index contributed by atoms with van der Waals surface area (Å²) in [5, 5.41) is 3.32. The SMILES string of the molecule is BC1CC1c1ccc(OC2CN(C(=O)CC3CNC(CN)CO3)C2)c(C)c1. The average Bonchev–Trinajstić information content (AvgIpc) is 3.36. The van der Waals surface area contributed by atoms with Crippen LogP contribution in [-0.2, 0) is 9.53 Å². The molecule has 27 heavy (non-hydrogen) atoms. The van der Waals surface area contributed by atoms with Gasteiger partial charge in [0, 0.05) is 19.1 Å². The molecule has 2 heterocycles. The Morgan fingerprint density at radius 1 is 1.44 bits per heavy atom. The zero-order chi connectivity index (χ0) is 19.0. The van der Waals surface area contributed by atoms with Gasteiger partial charge in [-0.3, -0.25) is 4.79 Å². The lowest BCUT2D eigenvalue weighted by Crippen LogP contribution is -2.57. The summed E-state index contributed by atoms with van der Waals surface area (Å²) in [7, 11) is 2.30. The fourth-order valence-electron chi connectivity index (χ4n) is 3.99. The molecule has 6 nitrogen and oxygen atoms in total. The molecule has 0 bridgehead atoms. The Morgan fingerprint density at radius 3 is 2.81 bits per heavy atom. The van der Waals surface area contributed by atoms with Crippen LogP contribution in [0.25, 0.3) is 0 Å². The number of amides is 1. The van der Waals surface area contributed by atoms with Gasteiger partial charge in [-0.1, -0.05) is 24.4 Å². The summed E-state index contributed by atoms with van der Waals surface area (Å²) in [5.41, 5.74) is 8.23. The van der Waals surface area contributed by atoms with Crippen LogP contribution in [0.15, 0.2) is 18.2 Å². The minimum Gasteiger partial charge on any atom is -0.486 e. The number of nitrogens with two attached hydrogens (primary N) is 1. The molecule has 7 heteroatoms. The highest BCUT2D eigenvalue weighted by atomic mass is 16.5. The van der Waals surface area contributed by atoms with Gasteiger partial charge in [0.05, 0.1) is 32.2 Å². The maximum atomic E-state index is 12.4. The quantitative estimate of drug-likeness (QED) is 0.699. The molecular weight excluding hydrogens is 341 g/mol. The Hall–Kier alpha value is -1.57. The molecule has 3 fully saturated rings. The van der Waals surface area contributed by atoms with Gasteiger partial charge in [-0.15, -0.1) is 0 Å². The molecule has 2 saturated heterocycles. The molecule has 1 aliphatic carbocycles. The van der Waals surface area contributed by atoms with Gasteiger partial charge in [0.2, 0.25) is 5.91 Å². The van der Waals surface area contributed by atoms with E-state index in [0.717, 1.165) is 17.5 Å². The first kappa shape index (κ1) is 18.8. The van der Waals surface area contributed by atoms with Crippen molar-refractivity contribution in [2.75, 3.05) is 32.8 Å². The van der Waals surface area contributed by atoms with E-state index >= 15 is 0 Å². The van der Waals surface area contributed by atoms with Gasteiger partial charge in [0.1, 0.15) is 19.7 Å². The van der Waals surface area contributed by atoms with Crippen molar-refractivity contribution in [1.82, 2.24) is 10.2 Å². The smallest absolute Gasteiger partial charge is 0.225 e. The summed E-state index contributed by atoms with van der Waals surface area (Å²) in [4.78, 5) is 14.3. The summed E-state index contributed by atoms with van der Waals surface area (Å²) in [6, 6.07) is 6.75. The molecule has 3 N–H and O–H groups in total. The number of hydrogen-bond donors (Lipinski definition) is 2. The first-order valence-electron chi connectivity index (χ1n) is 10.1. The third-order valence-corrected chi connectivity index (χ3v) is 6.09. The molecule has 1 aromatic carbocycles. The standard InChI is InChI=1S/C20H30BN3O3/c1-12-4-13(17-6-18(17)21)2-3-19(12)27-16-9-24(10-16)20(25)5-15-8-23-14(7-22)11-26-15/h2-4,14-18,23H,5-11,21-22H2,1H3. The number of likely N-dealkylation sites (tertiary alicyclic amines) is 1. The lowest BCUT2D eigenvalue weighted by Gasteiger charge is -2.40. The van der Waals surface area contributed by atoms with Crippen LogP contribution in [0.5, 0.6) is 5.75 Å². The van der Waals surface area contributed by atoms with Gasteiger partial charge in [-0.2, -0.15) is 0 Å². The van der Waals surface area contributed by atoms with E-state index in [0.29, 0.717) is 39.2 Å². The normalized spacial score (nSPS) is 30.7. The second-order valence-electron chi connectivity index (χ2n) is 8.38. The number of benzene rings is 1. The molecule has 1 aromatic rings. The predicted octanol–water partition coefficient (Wildman–Crippen LogP) is 0.199. The number of aryl methyl sites for hydroxylation is 1. The lowest BCUT2D eigenvalue weighted by molar-refractivity contribution is -0.143. The van der Waals surface area contributed by atoms with Gasteiger partial charge >= 0.3 is 0 Å². The predicted molar refractivity (Wildman–Crippen MR) is 107 cm³/mol.